The highest BCUT2D eigenvalue weighted by Gasteiger charge is 2.38. The molecule has 0 radical (unpaired) electrons. The van der Waals surface area contributed by atoms with Crippen LogP contribution in [0, 0.1) is 0 Å². The molecule has 26 heavy (non-hydrogen) atoms. The van der Waals surface area contributed by atoms with Gasteiger partial charge in [-0.1, -0.05) is 6.92 Å². The molecule has 2 aliphatic heterocycles. The third kappa shape index (κ3) is 3.42. The van der Waals surface area contributed by atoms with Crippen LogP contribution < -0.4 is 0 Å². The summed E-state index contributed by atoms with van der Waals surface area (Å²) in [6.45, 7) is 10.4. The number of rotatable bonds is 1. The van der Waals surface area contributed by atoms with E-state index in [4.69, 9.17) is 9.57 Å². The summed E-state index contributed by atoms with van der Waals surface area (Å²) in [7, 11) is 1.62. The average Bonchev–Trinajstić information content (AvgIpc) is 2.81. The van der Waals surface area contributed by atoms with Gasteiger partial charge in [0.15, 0.2) is 0 Å². The fourth-order valence-electron chi connectivity index (χ4n) is 3.38. The molecule has 0 N–H and O–H groups in total. The molecule has 8 nitrogen and oxygen atoms in total. The summed E-state index contributed by atoms with van der Waals surface area (Å²) in [6.07, 6.45) is 0.907. The van der Waals surface area contributed by atoms with E-state index in [0.717, 1.165) is 17.7 Å². The summed E-state index contributed by atoms with van der Waals surface area (Å²) in [6, 6.07) is -0.0393. The number of amides is 2. The lowest BCUT2D eigenvalue weighted by Gasteiger charge is -2.34. The van der Waals surface area contributed by atoms with E-state index < -0.39 is 5.60 Å². The predicted molar refractivity (Wildman–Crippen MR) is 94.4 cm³/mol. The molecule has 2 aliphatic rings. The largest absolute Gasteiger partial charge is 0.444 e. The molecule has 0 saturated carbocycles. The molecule has 0 saturated heterocycles. The van der Waals surface area contributed by atoms with E-state index in [1.165, 1.54) is 5.06 Å². The first kappa shape index (κ1) is 18.7. The fourth-order valence-corrected chi connectivity index (χ4v) is 3.38. The van der Waals surface area contributed by atoms with Crippen LogP contribution in [0.3, 0.4) is 0 Å². The maximum Gasteiger partial charge on any atom is 0.410 e. The summed E-state index contributed by atoms with van der Waals surface area (Å²) in [5.41, 5.74) is 1.63. The Hall–Kier alpha value is -2.09. The van der Waals surface area contributed by atoms with Gasteiger partial charge in [-0.05, 0) is 34.1 Å². The van der Waals surface area contributed by atoms with Crippen LogP contribution in [0.5, 0.6) is 0 Å². The van der Waals surface area contributed by atoms with Crippen molar-refractivity contribution in [1.82, 2.24) is 19.7 Å². The van der Waals surface area contributed by atoms with Crippen LogP contribution in [-0.2, 0) is 29.1 Å². The van der Waals surface area contributed by atoms with E-state index in [0.29, 0.717) is 25.2 Å². The van der Waals surface area contributed by atoms with Gasteiger partial charge in [-0.25, -0.2) is 9.86 Å². The van der Waals surface area contributed by atoms with Gasteiger partial charge in [-0.3, -0.25) is 14.3 Å². The van der Waals surface area contributed by atoms with Crippen molar-refractivity contribution >= 4 is 12.0 Å². The van der Waals surface area contributed by atoms with Crippen LogP contribution in [0.1, 0.15) is 62.8 Å². The van der Waals surface area contributed by atoms with Gasteiger partial charge >= 0.3 is 6.09 Å². The summed E-state index contributed by atoms with van der Waals surface area (Å²) in [4.78, 5) is 32.8. The maximum absolute atomic E-state index is 12.8. The number of carbonyl (C=O) groups excluding carboxylic acids is 2. The van der Waals surface area contributed by atoms with E-state index in [1.807, 2.05) is 34.6 Å². The maximum atomic E-state index is 12.8. The topological polar surface area (TPSA) is 76.9 Å². The minimum Gasteiger partial charge on any atom is -0.444 e. The highest BCUT2D eigenvalue weighted by atomic mass is 16.7. The van der Waals surface area contributed by atoms with E-state index >= 15 is 0 Å². The molecule has 0 fully saturated rings. The number of hydrogen-bond donors (Lipinski definition) is 0. The summed E-state index contributed by atoms with van der Waals surface area (Å²) >= 11 is 0. The van der Waals surface area contributed by atoms with Crippen LogP contribution in [-0.4, -0.2) is 56.5 Å². The van der Waals surface area contributed by atoms with Crippen molar-refractivity contribution in [3.8, 4) is 0 Å². The van der Waals surface area contributed by atoms with Crippen molar-refractivity contribution in [1.29, 1.82) is 0 Å². The van der Waals surface area contributed by atoms with Gasteiger partial charge in [-0.15, -0.1) is 0 Å². The molecule has 1 aromatic heterocycles. The van der Waals surface area contributed by atoms with Crippen molar-refractivity contribution < 1.29 is 19.2 Å². The second kappa shape index (κ2) is 6.57. The van der Waals surface area contributed by atoms with E-state index in [9.17, 15) is 9.59 Å². The normalized spacial score (nSPS) is 23.4. The Kier molecular flexibility index (Phi) is 4.72. The van der Waals surface area contributed by atoms with Crippen molar-refractivity contribution in [3.63, 3.8) is 0 Å². The summed E-state index contributed by atoms with van der Waals surface area (Å²) in [5.74, 6) is -0.228. The van der Waals surface area contributed by atoms with Crippen LogP contribution in [0.15, 0.2) is 0 Å². The van der Waals surface area contributed by atoms with Crippen LogP contribution in [0.4, 0.5) is 4.79 Å². The molecule has 2 amide bonds. The number of ether oxygens (including phenoxy) is 1. The van der Waals surface area contributed by atoms with Crippen LogP contribution in [0.25, 0.3) is 0 Å². The van der Waals surface area contributed by atoms with Gasteiger partial charge in [-0.2, -0.15) is 5.10 Å². The molecule has 3 rings (SSSR count). The van der Waals surface area contributed by atoms with Crippen LogP contribution in [0.2, 0.25) is 0 Å². The third-order valence-corrected chi connectivity index (χ3v) is 4.74. The Balaban J connectivity index is 1.94. The van der Waals surface area contributed by atoms with Crippen molar-refractivity contribution in [2.75, 3.05) is 7.05 Å². The second-order valence-electron chi connectivity index (χ2n) is 8.06. The zero-order valence-corrected chi connectivity index (χ0v) is 16.4. The highest BCUT2D eigenvalue weighted by molar-refractivity contribution is 5.94. The van der Waals surface area contributed by atoms with E-state index in [1.54, 1.807) is 16.6 Å². The number of carbonyl (C=O) groups is 2. The summed E-state index contributed by atoms with van der Waals surface area (Å²) in [5, 5.41) is 5.95. The average molecular weight is 364 g/mol. The SMILES string of the molecule is CCC1Cn2nc3c(c2C(=O)N(C)O1)CN(C(=O)OC(C)(C)C)[C@H](C)C3. The summed E-state index contributed by atoms with van der Waals surface area (Å²) < 4.78 is 7.28. The van der Waals surface area contributed by atoms with Gasteiger partial charge in [0, 0.05) is 25.1 Å². The van der Waals surface area contributed by atoms with Gasteiger partial charge in [0.05, 0.1) is 18.8 Å². The fraction of sp³-hybridized carbons (Fsp3) is 0.722. The number of aromatic nitrogens is 2. The lowest BCUT2D eigenvalue weighted by Crippen LogP contribution is -2.45. The molecule has 0 spiro atoms. The molecule has 1 aromatic rings. The monoisotopic (exact) mass is 364 g/mol. The molecule has 3 heterocycles. The smallest absolute Gasteiger partial charge is 0.410 e. The zero-order chi connectivity index (χ0) is 19.2. The molecule has 0 aliphatic carbocycles. The molecule has 0 bridgehead atoms. The Morgan fingerprint density at radius 3 is 2.69 bits per heavy atom. The number of hydroxylamine groups is 2. The Labute approximate surface area is 154 Å². The third-order valence-electron chi connectivity index (χ3n) is 4.74. The first-order chi connectivity index (χ1) is 12.1. The minimum absolute atomic E-state index is 0.0393. The Morgan fingerprint density at radius 1 is 1.38 bits per heavy atom. The quantitative estimate of drug-likeness (QED) is 0.764. The lowest BCUT2D eigenvalue weighted by atomic mass is 9.99. The lowest BCUT2D eigenvalue weighted by molar-refractivity contribution is -0.148. The first-order valence-electron chi connectivity index (χ1n) is 9.13. The molecule has 1 unspecified atom stereocenters. The minimum atomic E-state index is -0.564. The van der Waals surface area contributed by atoms with Crippen molar-refractivity contribution in [3.05, 3.63) is 17.0 Å². The number of hydrogen-bond acceptors (Lipinski definition) is 5. The van der Waals surface area contributed by atoms with Gasteiger partial charge in [0.2, 0.25) is 0 Å². The van der Waals surface area contributed by atoms with E-state index in [-0.39, 0.29) is 24.1 Å². The van der Waals surface area contributed by atoms with Crippen molar-refractivity contribution in [2.24, 2.45) is 0 Å². The molecule has 2 atom stereocenters. The standard InChI is InChI=1S/C18H28N4O4/c1-7-12-9-22-15(16(23)20(6)26-12)13-10-21(11(2)8-14(13)19-22)17(24)25-18(3,4)5/h11-12H,7-10H2,1-6H3/t11-,12?/m1/s1. The molecule has 0 aromatic carbocycles. The van der Waals surface area contributed by atoms with Gasteiger partial charge in [0.1, 0.15) is 17.4 Å². The Morgan fingerprint density at radius 2 is 2.08 bits per heavy atom. The van der Waals surface area contributed by atoms with E-state index in [2.05, 4.69) is 5.10 Å². The zero-order valence-electron chi connectivity index (χ0n) is 16.4. The molecule has 144 valence electrons. The predicted octanol–water partition coefficient (Wildman–Crippen LogP) is 2.36. The molecular weight excluding hydrogens is 336 g/mol. The number of fused-ring (bicyclic) bond motifs is 3. The Bertz CT molecular complexity index is 722. The first-order valence-corrected chi connectivity index (χ1v) is 9.13. The molecule has 8 heteroatoms. The highest BCUT2D eigenvalue weighted by Crippen LogP contribution is 2.29. The second-order valence-corrected chi connectivity index (χ2v) is 8.06. The van der Waals surface area contributed by atoms with Crippen molar-refractivity contribution in [2.45, 2.75) is 78.3 Å². The molecular formula is C18H28N4O4. The number of nitrogens with zero attached hydrogens (tertiary/aromatic N) is 4. The van der Waals surface area contributed by atoms with Gasteiger partial charge in [0.25, 0.3) is 5.91 Å². The van der Waals surface area contributed by atoms with Crippen LogP contribution >= 0.6 is 0 Å². The van der Waals surface area contributed by atoms with Gasteiger partial charge < -0.3 is 9.64 Å².